The van der Waals surface area contributed by atoms with Gasteiger partial charge in [-0.05, 0) is 35.6 Å². The molecule has 4 heteroatoms. The normalized spacial score (nSPS) is 21.8. The molecule has 3 aromatic rings. The SMILES string of the molecule is O=C1C[C@@H](c2ccccc2)CC2=C1[C@H](c1ccc(Cl)cc1)C1=C(N2)c2ccccc2C1=O. The Morgan fingerprint density at radius 1 is 0.719 bits per heavy atom. The predicted octanol–water partition coefficient (Wildman–Crippen LogP) is 6.04. The highest BCUT2D eigenvalue weighted by Crippen LogP contribution is 2.50. The Hall–Kier alpha value is -3.43. The van der Waals surface area contributed by atoms with Crippen LogP contribution in [0, 0.1) is 0 Å². The van der Waals surface area contributed by atoms with E-state index in [0.717, 1.165) is 34.5 Å². The number of carbonyl (C=O) groups excluding carboxylic acids is 2. The minimum absolute atomic E-state index is 0.00687. The fourth-order valence-electron chi connectivity index (χ4n) is 5.34. The number of dihydropyridines is 1. The van der Waals surface area contributed by atoms with Crippen molar-refractivity contribution in [1.29, 1.82) is 0 Å². The number of fused-ring (bicyclic) bond motifs is 2. The van der Waals surface area contributed by atoms with Crippen LogP contribution in [0.15, 0.2) is 95.7 Å². The van der Waals surface area contributed by atoms with E-state index in [-0.39, 0.29) is 23.4 Å². The number of carbonyl (C=O) groups is 2. The van der Waals surface area contributed by atoms with Crippen LogP contribution in [0.5, 0.6) is 0 Å². The molecule has 0 bridgehead atoms. The van der Waals surface area contributed by atoms with E-state index in [2.05, 4.69) is 17.4 Å². The number of benzene rings is 3. The average Bonchev–Trinajstić information content (AvgIpc) is 3.11. The van der Waals surface area contributed by atoms with E-state index < -0.39 is 0 Å². The highest BCUT2D eigenvalue weighted by atomic mass is 35.5. The number of rotatable bonds is 2. The van der Waals surface area contributed by atoms with Crippen molar-refractivity contribution in [3.8, 4) is 0 Å². The van der Waals surface area contributed by atoms with Crippen molar-refractivity contribution < 1.29 is 9.59 Å². The third-order valence-electron chi connectivity index (χ3n) is 6.79. The van der Waals surface area contributed by atoms with Crippen molar-refractivity contribution in [2.75, 3.05) is 0 Å². The first-order chi connectivity index (χ1) is 15.6. The number of ketones is 2. The van der Waals surface area contributed by atoms with Crippen LogP contribution in [0.25, 0.3) is 5.70 Å². The Bertz CT molecular complexity index is 1340. The van der Waals surface area contributed by atoms with Gasteiger partial charge in [-0.2, -0.15) is 0 Å². The van der Waals surface area contributed by atoms with Gasteiger partial charge in [0.1, 0.15) is 0 Å². The fraction of sp³-hybridized carbons (Fsp3) is 0.143. The van der Waals surface area contributed by atoms with Gasteiger partial charge in [0.05, 0.1) is 5.70 Å². The zero-order valence-corrected chi connectivity index (χ0v) is 18.0. The number of halogens is 1. The number of nitrogens with one attached hydrogen (secondary N) is 1. The Morgan fingerprint density at radius 2 is 1.41 bits per heavy atom. The molecule has 1 aliphatic heterocycles. The van der Waals surface area contributed by atoms with Crippen LogP contribution in [0.1, 0.15) is 51.7 Å². The second-order valence-corrected chi connectivity index (χ2v) is 9.04. The van der Waals surface area contributed by atoms with Crippen molar-refractivity contribution in [3.05, 3.63) is 123 Å². The molecule has 0 saturated carbocycles. The van der Waals surface area contributed by atoms with Gasteiger partial charge in [-0.15, -0.1) is 0 Å². The van der Waals surface area contributed by atoms with Gasteiger partial charge < -0.3 is 5.32 Å². The van der Waals surface area contributed by atoms with Gasteiger partial charge in [-0.1, -0.05) is 78.3 Å². The van der Waals surface area contributed by atoms with Crippen LogP contribution >= 0.6 is 11.6 Å². The van der Waals surface area contributed by atoms with Gasteiger partial charge in [0, 0.05) is 45.3 Å². The van der Waals surface area contributed by atoms with Crippen LogP contribution in [0.2, 0.25) is 5.02 Å². The third kappa shape index (κ3) is 2.89. The molecule has 2 atom stereocenters. The molecular formula is C28H20ClNO2. The molecule has 2 aliphatic carbocycles. The molecule has 3 aliphatic rings. The highest BCUT2D eigenvalue weighted by molar-refractivity contribution is 6.30. The maximum Gasteiger partial charge on any atom is 0.192 e. The van der Waals surface area contributed by atoms with E-state index in [1.807, 2.05) is 66.7 Å². The highest BCUT2D eigenvalue weighted by Gasteiger charge is 2.45. The van der Waals surface area contributed by atoms with Crippen molar-refractivity contribution in [2.24, 2.45) is 0 Å². The second kappa shape index (κ2) is 7.32. The first-order valence-electron chi connectivity index (χ1n) is 10.8. The zero-order chi connectivity index (χ0) is 21.8. The van der Waals surface area contributed by atoms with Gasteiger partial charge in [0.25, 0.3) is 0 Å². The Balaban J connectivity index is 1.52. The number of hydrogen-bond donors (Lipinski definition) is 1. The van der Waals surface area contributed by atoms with Gasteiger partial charge in [-0.25, -0.2) is 0 Å². The molecule has 3 nitrogen and oxygen atoms in total. The molecule has 0 fully saturated rings. The van der Waals surface area contributed by atoms with Crippen LogP contribution in [0.4, 0.5) is 0 Å². The predicted molar refractivity (Wildman–Crippen MR) is 125 cm³/mol. The summed E-state index contributed by atoms with van der Waals surface area (Å²) in [6.45, 7) is 0. The van der Waals surface area contributed by atoms with Gasteiger partial charge in [0.15, 0.2) is 11.6 Å². The summed E-state index contributed by atoms with van der Waals surface area (Å²) in [4.78, 5) is 27.1. The minimum Gasteiger partial charge on any atom is -0.358 e. The van der Waals surface area contributed by atoms with Crippen molar-refractivity contribution in [1.82, 2.24) is 5.32 Å². The van der Waals surface area contributed by atoms with E-state index in [1.165, 1.54) is 5.56 Å². The van der Waals surface area contributed by atoms with E-state index in [0.29, 0.717) is 22.6 Å². The first-order valence-corrected chi connectivity index (χ1v) is 11.2. The molecule has 1 heterocycles. The lowest BCUT2D eigenvalue weighted by molar-refractivity contribution is -0.116. The van der Waals surface area contributed by atoms with Crippen molar-refractivity contribution >= 4 is 28.9 Å². The first kappa shape index (κ1) is 19.3. The maximum absolute atomic E-state index is 13.6. The molecule has 0 amide bonds. The van der Waals surface area contributed by atoms with E-state index in [4.69, 9.17) is 11.6 Å². The molecule has 0 radical (unpaired) electrons. The molecule has 32 heavy (non-hydrogen) atoms. The lowest BCUT2D eigenvalue weighted by Crippen LogP contribution is -2.33. The summed E-state index contributed by atoms with van der Waals surface area (Å²) in [5.74, 6) is -0.173. The number of hydrogen-bond acceptors (Lipinski definition) is 3. The van der Waals surface area contributed by atoms with Crippen LogP contribution in [-0.4, -0.2) is 11.6 Å². The fourth-order valence-corrected chi connectivity index (χ4v) is 5.47. The summed E-state index contributed by atoms with van der Waals surface area (Å²) in [5.41, 5.74) is 6.84. The summed E-state index contributed by atoms with van der Waals surface area (Å²) in [6.07, 6.45) is 1.18. The summed E-state index contributed by atoms with van der Waals surface area (Å²) in [7, 11) is 0. The molecule has 0 unspecified atom stereocenters. The molecule has 0 aromatic heterocycles. The number of Topliss-reactive ketones (excluding diaryl/α,β-unsaturated/α-hetero) is 2. The van der Waals surface area contributed by atoms with Gasteiger partial charge in [-0.3, -0.25) is 9.59 Å². The summed E-state index contributed by atoms with van der Waals surface area (Å²) in [5, 5.41) is 4.17. The Labute approximate surface area is 191 Å². The van der Waals surface area contributed by atoms with E-state index in [1.54, 1.807) is 0 Å². The van der Waals surface area contributed by atoms with Crippen LogP contribution in [-0.2, 0) is 4.79 Å². The quantitative estimate of drug-likeness (QED) is 0.532. The smallest absolute Gasteiger partial charge is 0.192 e. The lowest BCUT2D eigenvalue weighted by Gasteiger charge is -2.36. The van der Waals surface area contributed by atoms with Crippen molar-refractivity contribution in [2.45, 2.75) is 24.7 Å². The second-order valence-electron chi connectivity index (χ2n) is 8.60. The van der Waals surface area contributed by atoms with Gasteiger partial charge >= 0.3 is 0 Å². The Kier molecular flexibility index (Phi) is 4.41. The number of allylic oxidation sites excluding steroid dienone is 3. The largest absolute Gasteiger partial charge is 0.358 e. The summed E-state index contributed by atoms with van der Waals surface area (Å²) in [6, 6.07) is 25.4. The molecular weight excluding hydrogens is 418 g/mol. The molecule has 3 aromatic carbocycles. The minimum atomic E-state index is -0.386. The van der Waals surface area contributed by atoms with Crippen LogP contribution in [0.3, 0.4) is 0 Å². The maximum atomic E-state index is 13.6. The zero-order valence-electron chi connectivity index (χ0n) is 17.3. The summed E-state index contributed by atoms with van der Waals surface area (Å²) < 4.78 is 0. The summed E-state index contributed by atoms with van der Waals surface area (Å²) >= 11 is 6.15. The standard InChI is InChI=1S/C28H20ClNO2/c29-19-12-10-17(11-13-19)24-25-22(14-18(15-23(25)31)16-6-2-1-3-7-16)30-27-20-8-4-5-9-21(20)28(32)26(24)27/h1-13,18,24,30H,14-15H2/t18-,24-/m0/s1. The molecule has 156 valence electrons. The van der Waals surface area contributed by atoms with Crippen molar-refractivity contribution in [3.63, 3.8) is 0 Å². The Morgan fingerprint density at radius 3 is 2.16 bits per heavy atom. The monoisotopic (exact) mass is 437 g/mol. The molecule has 0 saturated heterocycles. The van der Waals surface area contributed by atoms with E-state index >= 15 is 0 Å². The van der Waals surface area contributed by atoms with Gasteiger partial charge in [0.2, 0.25) is 0 Å². The average molecular weight is 438 g/mol. The third-order valence-corrected chi connectivity index (χ3v) is 7.04. The molecule has 1 N–H and O–H groups in total. The van der Waals surface area contributed by atoms with E-state index in [9.17, 15) is 9.59 Å². The topological polar surface area (TPSA) is 46.2 Å². The van der Waals surface area contributed by atoms with Crippen LogP contribution < -0.4 is 5.32 Å². The molecule has 0 spiro atoms. The molecule has 6 rings (SSSR count). The lowest BCUT2D eigenvalue weighted by atomic mass is 9.71.